The standard InChI is InChI=1S/C50H46N3O.C12H10N.Ir/c1-32(2)41-28-39(35-18-10-6-11-19-35)29-42(33(3)4)48(41)53-45-23-15-14-22-44(45)51-49(53)40-30-43(37-26-24-36(25-27-37)34-16-8-5-9-17-34)47-46(31-40)54-50(52-47)38-20-12-7-13-21-38;1-10-7-8-12(13-9-10)11-5-3-2-4-6-11;/h6-7,10-15,18-30,32-34H,5,8-9,16-17H2,1-4H3;2-5,7-9H,1H3;/q2*-1;/i;1D3;. The van der Waals surface area contributed by atoms with Gasteiger partial charge >= 0.3 is 0 Å². The summed E-state index contributed by atoms with van der Waals surface area (Å²) in [5.74, 6) is 2.60. The average Bonchev–Trinajstić information content (AvgIpc) is 4.02. The number of rotatable bonds is 9. The first-order valence-corrected chi connectivity index (χ1v) is 23.7. The van der Waals surface area contributed by atoms with Gasteiger partial charge in [0, 0.05) is 47.2 Å². The van der Waals surface area contributed by atoms with Crippen molar-refractivity contribution in [3.05, 3.63) is 204 Å². The Bertz CT molecular complexity index is 3350. The molecule has 0 aliphatic heterocycles. The maximum absolute atomic E-state index is 7.23. The van der Waals surface area contributed by atoms with Crippen molar-refractivity contribution < 1.29 is 28.6 Å². The van der Waals surface area contributed by atoms with Crippen molar-refractivity contribution in [1.29, 1.82) is 0 Å². The number of imidazole rings is 1. The fraction of sp³-hybridized carbons (Fsp3) is 0.210. The summed E-state index contributed by atoms with van der Waals surface area (Å²) in [6.07, 6.45) is 7.93. The molecule has 0 bridgehead atoms. The van der Waals surface area contributed by atoms with Crippen LogP contribution >= 0.6 is 0 Å². The van der Waals surface area contributed by atoms with Gasteiger partial charge in [0.25, 0.3) is 0 Å². The van der Waals surface area contributed by atoms with Crippen molar-refractivity contribution in [2.24, 2.45) is 0 Å². The second kappa shape index (κ2) is 20.7. The summed E-state index contributed by atoms with van der Waals surface area (Å²) in [6, 6.07) is 63.1. The quantitative estimate of drug-likeness (QED) is 0.135. The zero-order valence-corrected chi connectivity index (χ0v) is 41.4. The van der Waals surface area contributed by atoms with Crippen LogP contribution in [0.4, 0.5) is 0 Å². The normalized spacial score (nSPS) is 13.7. The average molecular weight is 1070 g/mol. The van der Waals surface area contributed by atoms with Gasteiger partial charge in [-0.3, -0.25) is 9.97 Å². The van der Waals surface area contributed by atoms with Crippen molar-refractivity contribution in [2.75, 3.05) is 0 Å². The Balaban J connectivity index is 0.000000313. The summed E-state index contributed by atoms with van der Waals surface area (Å²) in [5, 5.41) is 0. The minimum Gasteiger partial charge on any atom is -0.457 e. The molecule has 68 heavy (non-hydrogen) atoms. The Morgan fingerprint density at radius 2 is 1.32 bits per heavy atom. The van der Waals surface area contributed by atoms with Crippen LogP contribution in [0.5, 0.6) is 0 Å². The van der Waals surface area contributed by atoms with Gasteiger partial charge in [0.1, 0.15) is 0 Å². The number of aromatic nitrogens is 4. The van der Waals surface area contributed by atoms with E-state index in [2.05, 4.69) is 146 Å². The first kappa shape index (κ1) is 42.6. The van der Waals surface area contributed by atoms with Gasteiger partial charge in [-0.05, 0) is 118 Å². The van der Waals surface area contributed by atoms with Crippen molar-refractivity contribution in [3.63, 3.8) is 0 Å². The molecule has 1 aliphatic carbocycles. The van der Waals surface area contributed by atoms with Gasteiger partial charge < -0.3 is 14.0 Å². The molecule has 6 heteroatoms. The molecule has 0 N–H and O–H groups in total. The maximum atomic E-state index is 7.23. The van der Waals surface area contributed by atoms with Crippen LogP contribution in [-0.4, -0.2) is 19.5 Å². The largest absolute Gasteiger partial charge is 0.457 e. The molecule has 1 aliphatic rings. The summed E-state index contributed by atoms with van der Waals surface area (Å²) in [7, 11) is 0. The number of oxazole rings is 1. The number of aryl methyl sites for hydroxylation is 1. The van der Waals surface area contributed by atoms with Crippen molar-refractivity contribution in [1.82, 2.24) is 19.5 Å². The fourth-order valence-electron chi connectivity index (χ4n) is 9.53. The van der Waals surface area contributed by atoms with Crippen LogP contribution in [0.2, 0.25) is 0 Å². The molecule has 0 spiro atoms. The predicted molar refractivity (Wildman–Crippen MR) is 276 cm³/mol. The van der Waals surface area contributed by atoms with Crippen LogP contribution in [0.3, 0.4) is 0 Å². The number of pyridine rings is 1. The number of para-hydroxylation sites is 2. The second-order valence-corrected chi connectivity index (χ2v) is 18.3. The molecule has 10 aromatic rings. The topological polar surface area (TPSA) is 56.7 Å². The maximum Gasteiger partial charge on any atom is 0.215 e. The molecule has 11 rings (SSSR count). The third-order valence-corrected chi connectivity index (χ3v) is 13.0. The van der Waals surface area contributed by atoms with E-state index in [4.69, 9.17) is 18.5 Å². The predicted octanol–water partition coefficient (Wildman–Crippen LogP) is 16.8. The van der Waals surface area contributed by atoms with Gasteiger partial charge in [0.2, 0.25) is 5.89 Å². The summed E-state index contributed by atoms with van der Waals surface area (Å²) < 4.78 is 30.7. The van der Waals surface area contributed by atoms with E-state index in [1.807, 2.05) is 48.5 Å². The minimum absolute atomic E-state index is 0. The van der Waals surface area contributed by atoms with Crippen LogP contribution in [0.25, 0.3) is 84.2 Å². The van der Waals surface area contributed by atoms with Gasteiger partial charge in [0.05, 0.1) is 22.4 Å². The molecule has 7 aromatic carbocycles. The summed E-state index contributed by atoms with van der Waals surface area (Å²) >= 11 is 0. The van der Waals surface area contributed by atoms with E-state index in [0.717, 1.165) is 55.9 Å². The van der Waals surface area contributed by atoms with Gasteiger partial charge in [-0.2, -0.15) is 0 Å². The van der Waals surface area contributed by atoms with Crippen LogP contribution in [0.1, 0.15) is 104 Å². The van der Waals surface area contributed by atoms with Crippen molar-refractivity contribution in [2.45, 2.75) is 84.4 Å². The second-order valence-electron chi connectivity index (χ2n) is 18.3. The molecule has 0 atom stereocenters. The number of hydrogen-bond donors (Lipinski definition) is 0. The summed E-state index contributed by atoms with van der Waals surface area (Å²) in [4.78, 5) is 14.6. The SMILES string of the molecule is CC(C)c1cc(-c2ccccc2)cc(C(C)C)c1-n1c(-c2[c-]c3oc(-c4ccccc4)nc3c(-c3ccc(C4CCCCC4)cc3)c2)nc2ccccc21.[2H]C([2H])([2H])c1ccc(-c2[c-]cccc2)nc1.[Ir]. The van der Waals surface area contributed by atoms with E-state index in [0.29, 0.717) is 17.4 Å². The van der Waals surface area contributed by atoms with Gasteiger partial charge in [0.15, 0.2) is 0 Å². The van der Waals surface area contributed by atoms with E-state index in [1.54, 1.807) is 18.2 Å². The molecule has 1 radical (unpaired) electrons. The Morgan fingerprint density at radius 3 is 1.97 bits per heavy atom. The van der Waals surface area contributed by atoms with Crippen molar-refractivity contribution in [3.8, 4) is 62.0 Å². The van der Waals surface area contributed by atoms with E-state index in [-0.39, 0.29) is 37.5 Å². The first-order chi connectivity index (χ1) is 34.0. The van der Waals surface area contributed by atoms with Crippen LogP contribution in [-0.2, 0) is 20.1 Å². The summed E-state index contributed by atoms with van der Waals surface area (Å²) in [6.45, 7) is 7.09. The molecule has 0 unspecified atom stereocenters. The minimum atomic E-state index is -2.09. The Labute approximate surface area is 419 Å². The van der Waals surface area contributed by atoms with Gasteiger partial charge in [-0.25, -0.2) is 0 Å². The zero-order chi connectivity index (χ0) is 48.4. The number of nitrogens with zero attached hydrogens (tertiary/aromatic N) is 4. The molecule has 1 fully saturated rings. The Kier molecular flexibility index (Phi) is 12.9. The van der Waals surface area contributed by atoms with Crippen molar-refractivity contribution >= 4 is 22.1 Å². The number of benzene rings is 7. The number of fused-ring (bicyclic) bond motifs is 2. The monoisotopic (exact) mass is 1070 g/mol. The summed E-state index contributed by atoms with van der Waals surface area (Å²) in [5.41, 5.74) is 16.9. The number of hydrogen-bond acceptors (Lipinski definition) is 4. The van der Waals surface area contributed by atoms with E-state index in [1.165, 1.54) is 71.8 Å². The molecule has 3 heterocycles. The van der Waals surface area contributed by atoms with Crippen LogP contribution in [0, 0.1) is 19.0 Å². The molecule has 5 nitrogen and oxygen atoms in total. The Morgan fingerprint density at radius 1 is 0.647 bits per heavy atom. The molecule has 3 aromatic heterocycles. The van der Waals surface area contributed by atoms with Crippen LogP contribution in [0.15, 0.2) is 174 Å². The molecular weight excluding hydrogens is 1010 g/mol. The van der Waals surface area contributed by atoms with Gasteiger partial charge in [-0.1, -0.05) is 156 Å². The molecular formula is C62H56IrN4O-2. The molecule has 341 valence electrons. The fourth-order valence-corrected chi connectivity index (χ4v) is 9.53. The zero-order valence-electron chi connectivity index (χ0n) is 42.0. The first-order valence-electron chi connectivity index (χ1n) is 25.2. The molecule has 0 amide bonds. The third kappa shape index (κ3) is 9.67. The molecule has 0 saturated heterocycles. The smallest absolute Gasteiger partial charge is 0.215 e. The Hall–Kier alpha value is -6.72. The van der Waals surface area contributed by atoms with Gasteiger partial charge in [-0.15, -0.1) is 47.5 Å². The molecule has 1 saturated carbocycles. The van der Waals surface area contributed by atoms with E-state index < -0.39 is 6.85 Å². The third-order valence-electron chi connectivity index (χ3n) is 13.0. The van der Waals surface area contributed by atoms with Crippen LogP contribution < -0.4 is 0 Å². The van der Waals surface area contributed by atoms with E-state index in [9.17, 15) is 0 Å². The van der Waals surface area contributed by atoms with E-state index >= 15 is 0 Å².